The summed E-state index contributed by atoms with van der Waals surface area (Å²) >= 11 is 0. The van der Waals surface area contributed by atoms with Crippen molar-refractivity contribution >= 4 is 5.91 Å². The number of fused-ring (bicyclic) bond motifs is 1. The van der Waals surface area contributed by atoms with E-state index in [9.17, 15) is 4.79 Å². The van der Waals surface area contributed by atoms with Gasteiger partial charge in [0, 0.05) is 25.1 Å². The molecule has 0 radical (unpaired) electrons. The number of benzene rings is 1. The maximum absolute atomic E-state index is 13.1. The lowest BCUT2D eigenvalue weighted by atomic mass is 9.88. The van der Waals surface area contributed by atoms with Crippen molar-refractivity contribution in [3.05, 3.63) is 71.3 Å². The van der Waals surface area contributed by atoms with E-state index in [1.807, 2.05) is 29.2 Å². The second-order valence-electron chi connectivity index (χ2n) is 6.31. The van der Waals surface area contributed by atoms with Crippen molar-refractivity contribution in [2.24, 2.45) is 0 Å². The molecule has 1 N–H and O–H groups in total. The van der Waals surface area contributed by atoms with Gasteiger partial charge in [-0.3, -0.25) is 14.9 Å². The zero-order valence-electron chi connectivity index (χ0n) is 15.2. The fourth-order valence-corrected chi connectivity index (χ4v) is 3.59. The summed E-state index contributed by atoms with van der Waals surface area (Å²) in [6, 6.07) is 9.23. The largest absolute Gasteiger partial charge is 0.493 e. The summed E-state index contributed by atoms with van der Waals surface area (Å²) in [5.74, 6) is 1.23. The van der Waals surface area contributed by atoms with Crippen LogP contribution in [0.15, 0.2) is 48.9 Å². The molecule has 0 saturated carbocycles. The third kappa shape index (κ3) is 3.01. The second-order valence-corrected chi connectivity index (χ2v) is 6.31. The number of aromatic amines is 1. The van der Waals surface area contributed by atoms with Gasteiger partial charge < -0.3 is 14.4 Å². The number of carbonyl (C=O) groups is 1. The van der Waals surface area contributed by atoms with Crippen LogP contribution in [0.2, 0.25) is 0 Å². The van der Waals surface area contributed by atoms with E-state index in [1.54, 1.807) is 38.9 Å². The first-order valence-corrected chi connectivity index (χ1v) is 8.68. The number of H-pyrrole nitrogens is 1. The van der Waals surface area contributed by atoms with Crippen LogP contribution in [-0.2, 0) is 6.42 Å². The summed E-state index contributed by atoms with van der Waals surface area (Å²) in [5, 5.41) is 6.68. The zero-order valence-corrected chi connectivity index (χ0v) is 15.2. The average molecular weight is 364 g/mol. The number of methoxy groups -OCH3 is 2. The van der Waals surface area contributed by atoms with Gasteiger partial charge in [0.25, 0.3) is 5.91 Å². The first-order chi connectivity index (χ1) is 13.2. The van der Waals surface area contributed by atoms with E-state index in [2.05, 4.69) is 15.2 Å². The van der Waals surface area contributed by atoms with E-state index in [0.717, 1.165) is 23.1 Å². The number of nitrogens with zero attached hydrogens (tertiary/aromatic N) is 3. The lowest BCUT2D eigenvalue weighted by Gasteiger charge is -2.37. The Labute approximate surface area is 156 Å². The molecule has 4 rings (SSSR count). The third-order valence-electron chi connectivity index (χ3n) is 4.87. The third-order valence-corrected chi connectivity index (χ3v) is 4.87. The predicted molar refractivity (Wildman–Crippen MR) is 99.0 cm³/mol. The maximum Gasteiger partial charge on any atom is 0.272 e. The van der Waals surface area contributed by atoms with Crippen LogP contribution in [-0.4, -0.2) is 46.8 Å². The second kappa shape index (κ2) is 7.11. The highest BCUT2D eigenvalue weighted by atomic mass is 16.5. The van der Waals surface area contributed by atoms with Gasteiger partial charge >= 0.3 is 0 Å². The molecule has 1 aliphatic heterocycles. The van der Waals surface area contributed by atoms with E-state index in [0.29, 0.717) is 23.7 Å². The van der Waals surface area contributed by atoms with Gasteiger partial charge in [-0.25, -0.2) is 0 Å². The van der Waals surface area contributed by atoms with Crippen molar-refractivity contribution in [3.63, 3.8) is 0 Å². The first kappa shape index (κ1) is 17.1. The Morgan fingerprint density at radius 2 is 2.00 bits per heavy atom. The van der Waals surface area contributed by atoms with Crippen LogP contribution < -0.4 is 9.47 Å². The Morgan fingerprint density at radius 1 is 1.19 bits per heavy atom. The fraction of sp³-hybridized carbons (Fsp3) is 0.250. The summed E-state index contributed by atoms with van der Waals surface area (Å²) in [6.07, 6.45) is 5.83. The van der Waals surface area contributed by atoms with E-state index in [1.165, 1.54) is 0 Å². The number of aromatic nitrogens is 3. The highest BCUT2D eigenvalue weighted by Gasteiger charge is 2.34. The summed E-state index contributed by atoms with van der Waals surface area (Å²) in [7, 11) is 3.24. The minimum Gasteiger partial charge on any atom is -0.493 e. The fourth-order valence-electron chi connectivity index (χ4n) is 3.59. The Morgan fingerprint density at radius 3 is 2.67 bits per heavy atom. The molecule has 0 spiro atoms. The molecule has 1 aromatic carbocycles. The lowest BCUT2D eigenvalue weighted by Crippen LogP contribution is -2.40. The number of rotatable bonds is 4. The van der Waals surface area contributed by atoms with Crippen LogP contribution in [0.5, 0.6) is 11.5 Å². The number of hydrogen-bond donors (Lipinski definition) is 1. The molecular weight excluding hydrogens is 344 g/mol. The van der Waals surface area contributed by atoms with Gasteiger partial charge in [-0.2, -0.15) is 5.10 Å². The standard InChI is InChI=1S/C20H20N4O3/c1-26-17-10-13-6-9-24(20(25)16-5-8-22-23-16)19(14-4-3-7-21-12-14)15(13)11-18(17)27-2/h3-5,7-8,10-12,19H,6,9H2,1-2H3,(H,22,23)/t19-/m1/s1. The molecule has 27 heavy (non-hydrogen) atoms. The van der Waals surface area contributed by atoms with Crippen LogP contribution in [0.4, 0.5) is 0 Å². The van der Waals surface area contributed by atoms with Crippen molar-refractivity contribution in [2.75, 3.05) is 20.8 Å². The Kier molecular flexibility index (Phi) is 4.50. The molecule has 0 bridgehead atoms. The number of nitrogens with one attached hydrogen (secondary N) is 1. The van der Waals surface area contributed by atoms with Crippen LogP contribution in [0.1, 0.15) is 33.2 Å². The molecule has 2 aromatic heterocycles. The molecule has 3 heterocycles. The number of hydrogen-bond acceptors (Lipinski definition) is 5. The van der Waals surface area contributed by atoms with Gasteiger partial charge in [0.05, 0.1) is 20.3 Å². The van der Waals surface area contributed by atoms with Crippen molar-refractivity contribution < 1.29 is 14.3 Å². The molecule has 0 unspecified atom stereocenters. The van der Waals surface area contributed by atoms with Gasteiger partial charge in [-0.05, 0) is 47.4 Å². The molecule has 3 aromatic rings. The summed E-state index contributed by atoms with van der Waals surface area (Å²) in [4.78, 5) is 19.2. The van der Waals surface area contributed by atoms with Gasteiger partial charge in [0.1, 0.15) is 5.69 Å². The summed E-state index contributed by atoms with van der Waals surface area (Å²) < 4.78 is 10.9. The molecule has 0 fully saturated rings. The summed E-state index contributed by atoms with van der Waals surface area (Å²) in [5.41, 5.74) is 3.56. The monoisotopic (exact) mass is 364 g/mol. The predicted octanol–water partition coefficient (Wildman–Crippen LogP) is 2.61. The van der Waals surface area contributed by atoms with Gasteiger partial charge in [-0.1, -0.05) is 6.07 Å². The molecule has 7 nitrogen and oxygen atoms in total. The molecule has 1 amide bonds. The molecule has 138 valence electrons. The number of ether oxygens (including phenoxy) is 2. The molecule has 0 saturated heterocycles. The number of carbonyl (C=O) groups excluding carboxylic acids is 1. The van der Waals surface area contributed by atoms with E-state index in [-0.39, 0.29) is 11.9 Å². The molecular formula is C20H20N4O3. The summed E-state index contributed by atoms with van der Waals surface area (Å²) in [6.45, 7) is 0.583. The van der Waals surface area contributed by atoms with Crippen molar-refractivity contribution in [1.82, 2.24) is 20.1 Å². The SMILES string of the molecule is COc1cc2c(cc1OC)[C@@H](c1cccnc1)N(C(=O)c1ccn[nH]1)CC2. The topological polar surface area (TPSA) is 80.3 Å². The Hall–Kier alpha value is -3.35. The van der Waals surface area contributed by atoms with Crippen molar-refractivity contribution in [2.45, 2.75) is 12.5 Å². The number of amides is 1. The highest BCUT2D eigenvalue weighted by molar-refractivity contribution is 5.93. The molecule has 0 aliphatic carbocycles. The van der Waals surface area contributed by atoms with Crippen LogP contribution in [0.3, 0.4) is 0 Å². The van der Waals surface area contributed by atoms with Gasteiger partial charge in [0.2, 0.25) is 0 Å². The van der Waals surface area contributed by atoms with E-state index >= 15 is 0 Å². The maximum atomic E-state index is 13.1. The first-order valence-electron chi connectivity index (χ1n) is 8.68. The Balaban J connectivity index is 1.85. The van der Waals surface area contributed by atoms with Crippen LogP contribution >= 0.6 is 0 Å². The van der Waals surface area contributed by atoms with E-state index < -0.39 is 0 Å². The van der Waals surface area contributed by atoms with Crippen LogP contribution in [0.25, 0.3) is 0 Å². The minimum absolute atomic E-state index is 0.0956. The zero-order chi connectivity index (χ0) is 18.8. The van der Waals surface area contributed by atoms with Gasteiger partial charge in [0.15, 0.2) is 11.5 Å². The highest BCUT2D eigenvalue weighted by Crippen LogP contribution is 2.41. The van der Waals surface area contributed by atoms with Crippen LogP contribution in [0, 0.1) is 0 Å². The van der Waals surface area contributed by atoms with Crippen molar-refractivity contribution in [3.8, 4) is 11.5 Å². The smallest absolute Gasteiger partial charge is 0.272 e. The molecule has 1 atom stereocenters. The molecule has 1 aliphatic rings. The van der Waals surface area contributed by atoms with E-state index in [4.69, 9.17) is 9.47 Å². The van der Waals surface area contributed by atoms with Crippen molar-refractivity contribution in [1.29, 1.82) is 0 Å². The number of pyridine rings is 1. The minimum atomic E-state index is -0.266. The van der Waals surface area contributed by atoms with Gasteiger partial charge in [-0.15, -0.1) is 0 Å². The quantitative estimate of drug-likeness (QED) is 0.770. The lowest BCUT2D eigenvalue weighted by molar-refractivity contribution is 0.0688. The normalized spacial score (nSPS) is 15.9. The average Bonchev–Trinajstić information content (AvgIpc) is 3.26. The molecule has 7 heteroatoms. The Bertz CT molecular complexity index is 941.